The van der Waals surface area contributed by atoms with E-state index in [4.69, 9.17) is 63.3 Å². The summed E-state index contributed by atoms with van der Waals surface area (Å²) >= 11 is 0. The normalized spacial score (nSPS) is 17.5. The molecule has 0 saturated heterocycles. The van der Waals surface area contributed by atoms with Gasteiger partial charge in [0, 0.05) is 52.9 Å². The van der Waals surface area contributed by atoms with E-state index in [2.05, 4.69) is 0 Å². The van der Waals surface area contributed by atoms with Crippen LogP contribution in [-0.2, 0) is 50.7 Å². The van der Waals surface area contributed by atoms with Gasteiger partial charge in [-0.1, -0.05) is 0 Å². The molecule has 0 heterocycles. The molecule has 0 aromatic heterocycles. The fraction of sp³-hybridized carbons (Fsp3) is 1.00. The lowest BCUT2D eigenvalue weighted by molar-refractivity contribution is -0.00617. The second kappa shape index (κ2) is 20.0. The third-order valence-corrected chi connectivity index (χ3v) is 9.06. The van der Waals surface area contributed by atoms with Crippen molar-refractivity contribution >= 4 is 23.2 Å². The van der Waals surface area contributed by atoms with Crippen LogP contribution in [0.5, 0.6) is 0 Å². The van der Waals surface area contributed by atoms with E-state index < -0.39 is 45.6 Å². The van der Waals surface area contributed by atoms with Gasteiger partial charge in [-0.3, -0.25) is 18.1 Å². The first-order valence-corrected chi connectivity index (χ1v) is 19.9. The van der Waals surface area contributed by atoms with Crippen molar-refractivity contribution in [1.82, 2.24) is 0 Å². The molecule has 0 aromatic rings. The first kappa shape index (κ1) is 45.2. The van der Waals surface area contributed by atoms with Crippen molar-refractivity contribution < 1.29 is 60.5 Å². The predicted molar refractivity (Wildman–Crippen MR) is 171 cm³/mol. The molecule has 0 rings (SSSR count). The number of hydrogen-bond acceptors (Lipinski definition) is 11. The van der Waals surface area contributed by atoms with Crippen molar-refractivity contribution in [3.8, 4) is 0 Å². The summed E-state index contributed by atoms with van der Waals surface area (Å²) in [6.45, 7) is 16.8. The molecule has 0 radical (unpaired) electrons. The molecule has 45 heavy (non-hydrogen) atoms. The molecular weight excluding hydrogens is 655 g/mol. The number of nitrogens with two attached hydrogens (primary N) is 3. The largest absolute Gasteiger partial charge is 0.403 e. The van der Waals surface area contributed by atoms with E-state index in [0.29, 0.717) is 91.4 Å². The molecule has 8 N–H and O–H groups in total. The molecule has 0 bridgehead atoms. The highest BCUT2D eigenvalue weighted by Crippen LogP contribution is 2.48. The molecule has 0 fully saturated rings. The topological polar surface area (TPSA) is 244 Å². The lowest BCUT2D eigenvalue weighted by Gasteiger charge is -2.33. The minimum Gasteiger partial charge on any atom is -0.381 e. The smallest absolute Gasteiger partial charge is 0.381 e. The fourth-order valence-electron chi connectivity index (χ4n) is 3.80. The summed E-state index contributed by atoms with van der Waals surface area (Å²) in [5, 5.41) is 0. The zero-order chi connectivity index (χ0) is 35.1. The van der Waals surface area contributed by atoms with Gasteiger partial charge in [0.1, 0.15) is 0 Å². The van der Waals surface area contributed by atoms with Gasteiger partial charge in [0.05, 0.1) is 22.4 Å². The van der Waals surface area contributed by atoms with Crippen LogP contribution in [0.1, 0.15) is 93.9 Å². The van der Waals surface area contributed by atoms with Crippen LogP contribution in [0.15, 0.2) is 0 Å². The van der Waals surface area contributed by atoms with Crippen molar-refractivity contribution in [3.05, 3.63) is 0 Å². The Balaban J connectivity index is 4.10. The van der Waals surface area contributed by atoms with Gasteiger partial charge in [0.15, 0.2) is 0 Å². The van der Waals surface area contributed by atoms with Crippen LogP contribution in [0, 0.1) is 0 Å². The van der Waals surface area contributed by atoms with Crippen LogP contribution in [-0.4, -0.2) is 85.0 Å². The van der Waals surface area contributed by atoms with Crippen molar-refractivity contribution in [2.75, 3.05) is 52.9 Å². The Kier molecular flexibility index (Phi) is 20.1. The summed E-state index contributed by atoms with van der Waals surface area (Å²) < 4.78 is 78.9. The Bertz CT molecular complexity index is 899. The van der Waals surface area contributed by atoms with Gasteiger partial charge in [-0.15, -0.1) is 0 Å². The number of hydrogen-bond donors (Lipinski definition) is 5. The van der Waals surface area contributed by atoms with E-state index in [9.17, 15) is 13.7 Å². The van der Waals surface area contributed by atoms with Crippen LogP contribution < -0.4 is 16.5 Å². The molecule has 2 atom stereocenters. The van der Waals surface area contributed by atoms with Gasteiger partial charge >= 0.3 is 23.2 Å². The second-order valence-electron chi connectivity index (χ2n) is 13.2. The number of ether oxygens (including phenoxy) is 4. The fourth-order valence-corrected chi connectivity index (χ4v) is 7.00. The van der Waals surface area contributed by atoms with E-state index in [0.717, 1.165) is 0 Å². The summed E-state index contributed by atoms with van der Waals surface area (Å²) in [5.74, 6) is 0. The maximum absolute atomic E-state index is 12.9. The Morgan fingerprint density at radius 3 is 0.889 bits per heavy atom. The highest BCUT2D eigenvalue weighted by molar-refractivity contribution is 7.51. The van der Waals surface area contributed by atoms with Gasteiger partial charge in [-0.25, -0.2) is 30.2 Å². The summed E-state index contributed by atoms with van der Waals surface area (Å²) in [6.07, 6.45) is 2.92. The van der Waals surface area contributed by atoms with Crippen molar-refractivity contribution in [2.45, 2.75) is 116 Å². The maximum Gasteiger partial charge on any atom is 0.403 e. The van der Waals surface area contributed by atoms with Crippen molar-refractivity contribution in [2.24, 2.45) is 16.5 Å². The molecule has 19 heteroatoms. The Hall–Kier alpha value is 0.170. The molecule has 0 aromatic carbocycles. The maximum atomic E-state index is 12.9. The average molecular weight is 716 g/mol. The zero-order valence-electron chi connectivity index (χ0n) is 28.4. The molecule has 0 saturated carbocycles. The van der Waals surface area contributed by atoms with Crippen LogP contribution in [0.3, 0.4) is 0 Å². The number of rotatable bonds is 28. The minimum absolute atomic E-state index is 0.336. The quantitative estimate of drug-likeness (QED) is 0.0541. The van der Waals surface area contributed by atoms with Crippen LogP contribution in [0.4, 0.5) is 0 Å². The SMILES string of the molecule is CC(C)(CCOCCCOCCC(C)(C)OP(N)(=O)OC(C)(C)CCOCCCOCCC(C)(C)OP(N)(=O)O)OP(N)(=O)O. The minimum atomic E-state index is -4.06. The Labute approximate surface area is 269 Å². The monoisotopic (exact) mass is 715 g/mol. The van der Waals surface area contributed by atoms with Crippen molar-refractivity contribution in [1.29, 1.82) is 0 Å². The molecule has 0 aliphatic carbocycles. The highest BCUT2D eigenvalue weighted by atomic mass is 31.2. The summed E-state index contributed by atoms with van der Waals surface area (Å²) in [5.41, 5.74) is 12.5. The Morgan fingerprint density at radius 1 is 0.444 bits per heavy atom. The zero-order valence-corrected chi connectivity index (χ0v) is 31.0. The van der Waals surface area contributed by atoms with Gasteiger partial charge in [-0.05, 0) is 93.9 Å². The lowest BCUT2D eigenvalue weighted by atomic mass is 10.1. The predicted octanol–water partition coefficient (Wildman–Crippen LogP) is 4.76. The molecule has 16 nitrogen and oxygen atoms in total. The molecule has 0 aliphatic heterocycles. The molecular formula is C26H60N3O13P3. The molecule has 0 amide bonds. The second-order valence-corrected chi connectivity index (χ2v) is 17.3. The van der Waals surface area contributed by atoms with E-state index in [1.165, 1.54) is 0 Å². The first-order chi connectivity index (χ1) is 20.2. The summed E-state index contributed by atoms with van der Waals surface area (Å²) in [4.78, 5) is 18.3. The van der Waals surface area contributed by atoms with Crippen LogP contribution in [0.25, 0.3) is 0 Å². The average Bonchev–Trinajstić information content (AvgIpc) is 2.77. The molecule has 272 valence electrons. The highest BCUT2D eigenvalue weighted by Gasteiger charge is 2.35. The molecule has 2 unspecified atom stereocenters. The van der Waals surface area contributed by atoms with Gasteiger partial charge < -0.3 is 28.7 Å². The van der Waals surface area contributed by atoms with Crippen LogP contribution >= 0.6 is 23.2 Å². The summed E-state index contributed by atoms with van der Waals surface area (Å²) in [6, 6.07) is 0. The molecule has 0 spiro atoms. The van der Waals surface area contributed by atoms with Gasteiger partial charge in [0.2, 0.25) is 0 Å². The third-order valence-electron chi connectivity index (χ3n) is 6.05. The van der Waals surface area contributed by atoms with E-state index >= 15 is 0 Å². The van der Waals surface area contributed by atoms with E-state index in [1.807, 2.05) is 0 Å². The first-order valence-electron chi connectivity index (χ1n) is 15.0. The van der Waals surface area contributed by atoms with E-state index in [-0.39, 0.29) is 0 Å². The third kappa shape index (κ3) is 28.9. The standard InChI is InChI=1S/C26H60N3O13P3/c1-23(2,39-43(27,30)31)11-19-35-15-9-17-37-21-13-25(5,6)41-45(29,34)42-26(7,8)14-22-38-18-10-16-36-20-12-24(3,4)40-44(28,32)33/h9-22H2,1-8H3,(H2,29,34)(H3,27,30,31)(H3,28,32,33). The lowest BCUT2D eigenvalue weighted by Crippen LogP contribution is -2.32. The van der Waals surface area contributed by atoms with Gasteiger partial charge in [-0.2, -0.15) is 0 Å². The van der Waals surface area contributed by atoms with Crippen molar-refractivity contribution in [3.63, 3.8) is 0 Å². The Morgan fingerprint density at radius 2 is 0.667 bits per heavy atom. The summed E-state index contributed by atoms with van der Waals surface area (Å²) in [7, 11) is -12.0. The van der Waals surface area contributed by atoms with E-state index in [1.54, 1.807) is 55.4 Å². The molecule has 0 aliphatic rings. The van der Waals surface area contributed by atoms with Crippen LogP contribution in [0.2, 0.25) is 0 Å². The van der Waals surface area contributed by atoms with Gasteiger partial charge in [0.25, 0.3) is 0 Å².